The fourth-order valence-corrected chi connectivity index (χ4v) is 3.89. The van der Waals surface area contributed by atoms with Crippen molar-refractivity contribution in [3.63, 3.8) is 0 Å². The minimum atomic E-state index is 0.854. The average molecular weight is 394 g/mol. The Kier molecular flexibility index (Phi) is 3.43. The van der Waals surface area contributed by atoms with Crippen LogP contribution in [-0.2, 0) is 14.1 Å². The summed E-state index contributed by atoms with van der Waals surface area (Å²) in [4.78, 5) is 8.11. The molecule has 0 radical (unpaired) electrons. The van der Waals surface area contributed by atoms with Gasteiger partial charge in [-0.2, -0.15) is 15.3 Å². The maximum Gasteiger partial charge on any atom is 0.138 e. The highest BCUT2D eigenvalue weighted by Gasteiger charge is 2.13. The fraction of sp³-hybridized carbons (Fsp3) is 0.0909. The molecule has 30 heavy (non-hydrogen) atoms. The molecule has 0 aliphatic heterocycles. The summed E-state index contributed by atoms with van der Waals surface area (Å²) in [5, 5.41) is 14.1. The number of fused-ring (bicyclic) bond motifs is 2. The van der Waals surface area contributed by atoms with Crippen LogP contribution in [0.5, 0.6) is 0 Å². The van der Waals surface area contributed by atoms with Gasteiger partial charge in [0.1, 0.15) is 5.65 Å². The van der Waals surface area contributed by atoms with E-state index in [1.54, 1.807) is 9.36 Å². The van der Waals surface area contributed by atoms with Crippen molar-refractivity contribution in [2.45, 2.75) is 0 Å². The van der Waals surface area contributed by atoms with Crippen molar-refractivity contribution in [3.8, 4) is 33.5 Å². The summed E-state index contributed by atoms with van der Waals surface area (Å²) in [6.07, 6.45) is 13.5. The molecule has 8 heteroatoms. The van der Waals surface area contributed by atoms with Gasteiger partial charge in [-0.05, 0) is 29.8 Å². The van der Waals surface area contributed by atoms with E-state index in [1.165, 1.54) is 0 Å². The molecule has 0 spiro atoms. The zero-order valence-electron chi connectivity index (χ0n) is 16.5. The lowest BCUT2D eigenvalue weighted by molar-refractivity contribution is 0.768. The third-order valence-electron chi connectivity index (χ3n) is 5.39. The van der Waals surface area contributed by atoms with Crippen LogP contribution in [-0.4, -0.2) is 39.1 Å². The van der Waals surface area contributed by atoms with E-state index < -0.39 is 0 Å². The van der Waals surface area contributed by atoms with E-state index in [1.807, 2.05) is 68.1 Å². The van der Waals surface area contributed by atoms with Gasteiger partial charge in [0, 0.05) is 66.5 Å². The van der Waals surface area contributed by atoms with Crippen LogP contribution in [0.2, 0.25) is 0 Å². The van der Waals surface area contributed by atoms with Gasteiger partial charge in [0.25, 0.3) is 0 Å². The zero-order valence-corrected chi connectivity index (χ0v) is 16.5. The summed E-state index contributed by atoms with van der Waals surface area (Å²) >= 11 is 0. The standard InChI is InChI=1S/C22H18N8/c1-28-12-15(8-24-28)19-11-26-30-6-5-14(7-21(19)30)18-10-23-22-17(18)3-4-20(27-22)16-9-25-29(2)13-16/h3-13H,1-2H3,(H,23,27). The van der Waals surface area contributed by atoms with E-state index in [4.69, 9.17) is 4.98 Å². The molecule has 0 bridgehead atoms. The molecular formula is C22H18N8. The first-order valence-corrected chi connectivity index (χ1v) is 9.60. The van der Waals surface area contributed by atoms with Crippen molar-refractivity contribution in [2.24, 2.45) is 14.1 Å². The van der Waals surface area contributed by atoms with Gasteiger partial charge < -0.3 is 4.98 Å². The molecule has 8 nitrogen and oxygen atoms in total. The monoisotopic (exact) mass is 394 g/mol. The van der Waals surface area contributed by atoms with Crippen LogP contribution in [0.25, 0.3) is 50.1 Å². The van der Waals surface area contributed by atoms with Gasteiger partial charge in [-0.15, -0.1) is 0 Å². The molecule has 6 heterocycles. The van der Waals surface area contributed by atoms with Crippen LogP contribution in [0.15, 0.2) is 67.6 Å². The number of nitrogens with one attached hydrogen (secondary N) is 1. The molecule has 0 fully saturated rings. The molecule has 0 aliphatic rings. The quantitative estimate of drug-likeness (QED) is 0.496. The summed E-state index contributed by atoms with van der Waals surface area (Å²) in [5.74, 6) is 0. The number of pyridine rings is 2. The second-order valence-corrected chi connectivity index (χ2v) is 7.40. The first-order valence-electron chi connectivity index (χ1n) is 9.60. The summed E-state index contributed by atoms with van der Waals surface area (Å²) in [6.45, 7) is 0. The Labute approximate surface area is 171 Å². The summed E-state index contributed by atoms with van der Waals surface area (Å²) in [5.41, 5.74) is 8.10. The summed E-state index contributed by atoms with van der Waals surface area (Å²) in [6, 6.07) is 8.38. The molecule has 146 valence electrons. The number of hydrogen-bond donors (Lipinski definition) is 1. The van der Waals surface area contributed by atoms with E-state index in [0.29, 0.717) is 0 Å². The lowest BCUT2D eigenvalue weighted by atomic mass is 10.0. The van der Waals surface area contributed by atoms with Crippen LogP contribution < -0.4 is 0 Å². The fourth-order valence-electron chi connectivity index (χ4n) is 3.89. The van der Waals surface area contributed by atoms with Crippen molar-refractivity contribution >= 4 is 16.6 Å². The van der Waals surface area contributed by atoms with Crippen LogP contribution in [0, 0.1) is 0 Å². The van der Waals surface area contributed by atoms with Crippen molar-refractivity contribution in [3.05, 3.63) is 67.6 Å². The van der Waals surface area contributed by atoms with Crippen molar-refractivity contribution in [1.29, 1.82) is 0 Å². The van der Waals surface area contributed by atoms with Crippen molar-refractivity contribution in [1.82, 2.24) is 39.1 Å². The van der Waals surface area contributed by atoms with Gasteiger partial charge in [0.2, 0.25) is 0 Å². The molecule has 0 atom stereocenters. The minimum Gasteiger partial charge on any atom is -0.345 e. The van der Waals surface area contributed by atoms with E-state index in [2.05, 4.69) is 38.5 Å². The van der Waals surface area contributed by atoms with E-state index >= 15 is 0 Å². The average Bonchev–Trinajstić information content (AvgIpc) is 3.52. The number of aromatic nitrogens is 8. The van der Waals surface area contributed by atoms with E-state index in [-0.39, 0.29) is 0 Å². The Morgan fingerprint density at radius 2 is 1.60 bits per heavy atom. The molecule has 0 saturated heterocycles. The molecule has 0 unspecified atom stereocenters. The first kappa shape index (κ1) is 16.7. The maximum atomic E-state index is 4.79. The molecule has 6 aromatic rings. The SMILES string of the molecule is Cn1cc(-c2ccc3c(-c4ccn5ncc(-c6cnn(C)c6)c5c4)c[nH]c3n2)cn1. The predicted molar refractivity (Wildman–Crippen MR) is 115 cm³/mol. The molecular weight excluding hydrogens is 376 g/mol. The molecule has 0 aliphatic carbocycles. The van der Waals surface area contributed by atoms with E-state index in [0.717, 1.165) is 50.1 Å². The van der Waals surface area contributed by atoms with Crippen molar-refractivity contribution in [2.75, 3.05) is 0 Å². The summed E-state index contributed by atoms with van der Waals surface area (Å²) < 4.78 is 5.47. The Bertz CT molecular complexity index is 1530. The highest BCUT2D eigenvalue weighted by atomic mass is 15.2. The largest absolute Gasteiger partial charge is 0.345 e. The predicted octanol–water partition coefficient (Wildman–Crippen LogP) is 3.68. The van der Waals surface area contributed by atoms with Crippen LogP contribution >= 0.6 is 0 Å². The number of hydrogen-bond acceptors (Lipinski definition) is 4. The number of H-pyrrole nitrogens is 1. The topological polar surface area (TPSA) is 81.6 Å². The number of rotatable bonds is 3. The molecule has 6 aromatic heterocycles. The molecule has 1 N–H and O–H groups in total. The van der Waals surface area contributed by atoms with Gasteiger partial charge in [-0.3, -0.25) is 9.36 Å². The van der Waals surface area contributed by atoms with Gasteiger partial charge in [0.05, 0.1) is 29.8 Å². The minimum absolute atomic E-state index is 0.854. The van der Waals surface area contributed by atoms with Crippen molar-refractivity contribution < 1.29 is 0 Å². The van der Waals surface area contributed by atoms with Crippen LogP contribution in [0.4, 0.5) is 0 Å². The number of aromatic amines is 1. The third kappa shape index (κ3) is 2.54. The number of aryl methyl sites for hydroxylation is 2. The smallest absolute Gasteiger partial charge is 0.138 e. The lowest BCUT2D eigenvalue weighted by Gasteiger charge is -2.03. The van der Waals surface area contributed by atoms with Gasteiger partial charge in [0.15, 0.2) is 0 Å². The second kappa shape index (κ2) is 6.15. The van der Waals surface area contributed by atoms with Gasteiger partial charge >= 0.3 is 0 Å². The number of nitrogens with zero attached hydrogens (tertiary/aromatic N) is 7. The Balaban J connectivity index is 1.47. The van der Waals surface area contributed by atoms with Crippen LogP contribution in [0.3, 0.4) is 0 Å². The Morgan fingerprint density at radius 3 is 2.37 bits per heavy atom. The molecule has 0 aromatic carbocycles. The van der Waals surface area contributed by atoms with Gasteiger partial charge in [-0.25, -0.2) is 9.50 Å². The summed E-state index contributed by atoms with van der Waals surface area (Å²) in [7, 11) is 3.82. The highest BCUT2D eigenvalue weighted by Crippen LogP contribution is 2.32. The second-order valence-electron chi connectivity index (χ2n) is 7.40. The highest BCUT2D eigenvalue weighted by molar-refractivity contribution is 5.96. The lowest BCUT2D eigenvalue weighted by Crippen LogP contribution is -1.88. The Hall–Kier alpha value is -4.20. The molecule has 6 rings (SSSR count). The molecule has 0 amide bonds. The van der Waals surface area contributed by atoms with E-state index in [9.17, 15) is 0 Å². The zero-order chi connectivity index (χ0) is 20.2. The first-order chi connectivity index (χ1) is 14.7. The third-order valence-corrected chi connectivity index (χ3v) is 5.39. The Morgan fingerprint density at radius 1 is 0.800 bits per heavy atom. The normalized spacial score (nSPS) is 11.7. The van der Waals surface area contributed by atoms with Gasteiger partial charge in [-0.1, -0.05) is 0 Å². The molecule has 0 saturated carbocycles. The van der Waals surface area contributed by atoms with Crippen LogP contribution in [0.1, 0.15) is 0 Å². The maximum absolute atomic E-state index is 4.79.